The van der Waals surface area contributed by atoms with Crippen molar-refractivity contribution in [1.29, 1.82) is 0 Å². The van der Waals surface area contributed by atoms with Gasteiger partial charge in [0, 0.05) is 10.2 Å². The maximum Gasteiger partial charge on any atom is 0.0678 e. The molecule has 0 fully saturated rings. The summed E-state index contributed by atoms with van der Waals surface area (Å²) in [4.78, 5) is 0. The predicted octanol–water partition coefficient (Wildman–Crippen LogP) is 3.56. The zero-order valence-electron chi connectivity index (χ0n) is 9.08. The molecule has 0 N–H and O–H groups in total. The van der Waals surface area contributed by atoms with E-state index >= 15 is 0 Å². The van der Waals surface area contributed by atoms with Gasteiger partial charge in [0.2, 0.25) is 0 Å². The fourth-order valence-corrected chi connectivity index (χ4v) is 2.20. The lowest BCUT2D eigenvalue weighted by Gasteiger charge is -2.08. The molecule has 0 aliphatic heterocycles. The normalized spacial score (nSPS) is 10.7. The highest BCUT2D eigenvalue weighted by Crippen LogP contribution is 2.20. The number of benzene rings is 1. The van der Waals surface area contributed by atoms with Gasteiger partial charge in [-0.1, -0.05) is 15.9 Å². The van der Waals surface area contributed by atoms with Gasteiger partial charge in [-0.05, 0) is 50.6 Å². The third-order valence-electron chi connectivity index (χ3n) is 2.40. The van der Waals surface area contributed by atoms with E-state index < -0.39 is 0 Å². The molecule has 0 spiro atoms. The molecule has 0 saturated carbocycles. The molecule has 0 bridgehead atoms. The number of hydrogen-bond donors (Lipinski definition) is 0. The van der Waals surface area contributed by atoms with Gasteiger partial charge < -0.3 is 0 Å². The number of nitrogens with zero attached hydrogens (tertiary/aromatic N) is 2. The maximum atomic E-state index is 4.47. The van der Waals surface area contributed by atoms with Gasteiger partial charge in [0.15, 0.2) is 0 Å². The highest BCUT2D eigenvalue weighted by molar-refractivity contribution is 9.10. The monoisotopic (exact) mass is 264 g/mol. The van der Waals surface area contributed by atoms with E-state index in [9.17, 15) is 0 Å². The van der Waals surface area contributed by atoms with E-state index in [-0.39, 0.29) is 0 Å². The maximum absolute atomic E-state index is 4.47. The van der Waals surface area contributed by atoms with Gasteiger partial charge in [0.25, 0.3) is 0 Å². The van der Waals surface area contributed by atoms with E-state index in [1.165, 1.54) is 5.56 Å². The van der Waals surface area contributed by atoms with Crippen molar-refractivity contribution in [2.24, 2.45) is 0 Å². The van der Waals surface area contributed by atoms with Gasteiger partial charge in [0.1, 0.15) is 0 Å². The molecule has 1 aromatic heterocycles. The highest BCUT2D eigenvalue weighted by Gasteiger charge is 2.06. The van der Waals surface area contributed by atoms with Crippen molar-refractivity contribution < 1.29 is 0 Å². The van der Waals surface area contributed by atoms with E-state index in [1.807, 2.05) is 17.7 Å². The molecule has 15 heavy (non-hydrogen) atoms. The number of rotatable bonds is 1. The Kier molecular flexibility index (Phi) is 2.65. The van der Waals surface area contributed by atoms with Crippen LogP contribution in [0.15, 0.2) is 28.7 Å². The smallest absolute Gasteiger partial charge is 0.0678 e. The molecule has 0 aliphatic rings. The summed E-state index contributed by atoms with van der Waals surface area (Å²) in [6.07, 6.45) is 0. The van der Waals surface area contributed by atoms with Crippen LogP contribution in [0, 0.1) is 20.8 Å². The van der Waals surface area contributed by atoms with Crippen LogP contribution in [0.5, 0.6) is 0 Å². The van der Waals surface area contributed by atoms with Crippen LogP contribution in [0.25, 0.3) is 5.69 Å². The van der Waals surface area contributed by atoms with Gasteiger partial charge in [-0.25, -0.2) is 4.68 Å². The first kappa shape index (κ1) is 10.4. The number of aromatic nitrogens is 2. The van der Waals surface area contributed by atoms with Crippen LogP contribution in [-0.2, 0) is 0 Å². The van der Waals surface area contributed by atoms with Crippen molar-refractivity contribution in [2.45, 2.75) is 20.8 Å². The van der Waals surface area contributed by atoms with Crippen LogP contribution in [0.3, 0.4) is 0 Å². The molecule has 0 atom stereocenters. The van der Waals surface area contributed by atoms with Crippen LogP contribution in [-0.4, -0.2) is 9.78 Å². The van der Waals surface area contributed by atoms with Crippen molar-refractivity contribution in [2.75, 3.05) is 0 Å². The lowest BCUT2D eigenvalue weighted by Crippen LogP contribution is -2.01. The Hall–Kier alpha value is -1.09. The molecule has 2 nitrogen and oxygen atoms in total. The molecule has 0 aliphatic carbocycles. The average Bonchev–Trinajstić information content (AvgIpc) is 2.45. The first-order valence-corrected chi connectivity index (χ1v) is 5.67. The molecule has 0 unspecified atom stereocenters. The van der Waals surface area contributed by atoms with Crippen LogP contribution in [0.2, 0.25) is 0 Å². The van der Waals surface area contributed by atoms with Crippen molar-refractivity contribution in [3.63, 3.8) is 0 Å². The minimum Gasteiger partial charge on any atom is -0.238 e. The summed E-state index contributed by atoms with van der Waals surface area (Å²) in [6.45, 7) is 6.18. The molecule has 0 radical (unpaired) electrons. The molecule has 0 amide bonds. The summed E-state index contributed by atoms with van der Waals surface area (Å²) in [6, 6.07) is 8.31. The molecule has 2 rings (SSSR count). The minimum absolute atomic E-state index is 1.05. The van der Waals surface area contributed by atoms with E-state index in [1.54, 1.807) is 0 Å². The summed E-state index contributed by atoms with van der Waals surface area (Å²) in [5.41, 5.74) is 4.58. The number of aryl methyl sites for hydroxylation is 3. The summed E-state index contributed by atoms with van der Waals surface area (Å²) >= 11 is 3.46. The van der Waals surface area contributed by atoms with Crippen molar-refractivity contribution in [1.82, 2.24) is 9.78 Å². The van der Waals surface area contributed by atoms with E-state index in [4.69, 9.17) is 0 Å². The number of halogens is 1. The van der Waals surface area contributed by atoms with Crippen LogP contribution >= 0.6 is 15.9 Å². The fourth-order valence-electron chi connectivity index (χ4n) is 1.73. The summed E-state index contributed by atoms with van der Waals surface area (Å²) in [5.74, 6) is 0. The Morgan fingerprint density at radius 2 is 1.87 bits per heavy atom. The summed E-state index contributed by atoms with van der Waals surface area (Å²) in [5, 5.41) is 4.47. The summed E-state index contributed by atoms with van der Waals surface area (Å²) < 4.78 is 3.09. The molecular formula is C12H13BrN2. The number of hydrogen-bond acceptors (Lipinski definition) is 1. The first-order chi connectivity index (χ1) is 7.08. The van der Waals surface area contributed by atoms with Gasteiger partial charge >= 0.3 is 0 Å². The SMILES string of the molecule is Cc1cc(C)n(-c2ccc(Br)cc2C)n1. The third kappa shape index (κ3) is 1.97. The Bertz CT molecular complexity index is 500. The second kappa shape index (κ2) is 3.81. The average molecular weight is 265 g/mol. The van der Waals surface area contributed by atoms with E-state index in [0.29, 0.717) is 0 Å². The lowest BCUT2D eigenvalue weighted by molar-refractivity contribution is 0.827. The first-order valence-electron chi connectivity index (χ1n) is 4.88. The predicted molar refractivity (Wildman–Crippen MR) is 65.5 cm³/mol. The molecule has 78 valence electrons. The topological polar surface area (TPSA) is 17.8 Å². The van der Waals surface area contributed by atoms with Crippen LogP contribution in [0.4, 0.5) is 0 Å². The minimum atomic E-state index is 1.05. The van der Waals surface area contributed by atoms with Crippen LogP contribution < -0.4 is 0 Å². The third-order valence-corrected chi connectivity index (χ3v) is 2.89. The largest absolute Gasteiger partial charge is 0.238 e. The van der Waals surface area contributed by atoms with Gasteiger partial charge in [-0.3, -0.25) is 0 Å². The Labute approximate surface area is 98.1 Å². The van der Waals surface area contributed by atoms with E-state index in [0.717, 1.165) is 21.5 Å². The molecule has 0 saturated heterocycles. The highest BCUT2D eigenvalue weighted by atomic mass is 79.9. The molecule has 1 aromatic carbocycles. The standard InChI is InChI=1S/C12H13BrN2/c1-8-6-11(13)4-5-12(8)15-10(3)7-9(2)14-15/h4-7H,1-3H3. The Morgan fingerprint density at radius 3 is 2.40 bits per heavy atom. The van der Waals surface area contributed by atoms with Gasteiger partial charge in [-0.15, -0.1) is 0 Å². The Balaban J connectivity index is 2.59. The molecule has 2 aromatic rings. The van der Waals surface area contributed by atoms with Crippen molar-refractivity contribution in [3.05, 3.63) is 45.7 Å². The molecular weight excluding hydrogens is 252 g/mol. The lowest BCUT2D eigenvalue weighted by atomic mass is 10.2. The zero-order chi connectivity index (χ0) is 11.0. The molecule has 3 heteroatoms. The van der Waals surface area contributed by atoms with Crippen LogP contribution in [0.1, 0.15) is 17.0 Å². The second-order valence-electron chi connectivity index (χ2n) is 3.77. The van der Waals surface area contributed by atoms with Gasteiger partial charge in [-0.2, -0.15) is 5.10 Å². The van der Waals surface area contributed by atoms with Crippen molar-refractivity contribution >= 4 is 15.9 Å². The fraction of sp³-hybridized carbons (Fsp3) is 0.250. The van der Waals surface area contributed by atoms with Crippen molar-refractivity contribution in [3.8, 4) is 5.69 Å². The Morgan fingerprint density at radius 1 is 1.13 bits per heavy atom. The van der Waals surface area contributed by atoms with E-state index in [2.05, 4.69) is 53.1 Å². The summed E-state index contributed by atoms with van der Waals surface area (Å²) in [7, 11) is 0. The molecule has 1 heterocycles. The zero-order valence-corrected chi connectivity index (χ0v) is 10.7. The second-order valence-corrected chi connectivity index (χ2v) is 4.69. The van der Waals surface area contributed by atoms with Gasteiger partial charge in [0.05, 0.1) is 11.4 Å². The quantitative estimate of drug-likeness (QED) is 0.770.